The van der Waals surface area contributed by atoms with Crippen LogP contribution in [0.3, 0.4) is 0 Å². The average Bonchev–Trinajstić information content (AvgIpc) is 2.09. The van der Waals surface area contributed by atoms with E-state index in [-0.39, 0.29) is 5.43 Å². The van der Waals surface area contributed by atoms with Gasteiger partial charge in [0.25, 0.3) is 0 Å². The van der Waals surface area contributed by atoms with Crippen molar-refractivity contribution in [2.45, 2.75) is 0 Å². The first-order valence-corrected chi connectivity index (χ1v) is 4.68. The lowest BCUT2D eigenvalue weighted by molar-refractivity contribution is 1.06. The second-order valence-electron chi connectivity index (χ2n) is 2.55. The third-order valence-corrected chi connectivity index (χ3v) is 2.89. The number of nitrogens with one attached hydrogen (secondary N) is 1. The summed E-state index contributed by atoms with van der Waals surface area (Å²) < 4.78 is 0.741. The molecule has 0 amide bonds. The average molecular weight is 259 g/mol. The first-order valence-electron chi connectivity index (χ1n) is 3.51. The van der Waals surface area contributed by atoms with Gasteiger partial charge in [-0.25, -0.2) is 0 Å². The molecule has 0 radical (unpaired) electrons. The zero-order valence-corrected chi connectivity index (χ0v) is 8.69. The predicted octanol–water partition coefficient (Wildman–Crippen LogP) is 2.34. The molecule has 0 spiro atoms. The number of hydrogen-bond donors (Lipinski definition) is 1. The summed E-state index contributed by atoms with van der Waals surface area (Å²) in [7, 11) is 0. The maximum absolute atomic E-state index is 11.3. The molecule has 1 N–H and O–H groups in total. The van der Waals surface area contributed by atoms with Gasteiger partial charge in [0.2, 0.25) is 5.43 Å². The number of aromatic amines is 1. The van der Waals surface area contributed by atoms with Gasteiger partial charge in [-0.15, -0.1) is 0 Å². The third-order valence-electron chi connectivity index (χ3n) is 1.69. The number of fused-ring (bicyclic) bond motifs is 1. The molecule has 0 saturated carbocycles. The van der Waals surface area contributed by atoms with Gasteiger partial charge < -0.3 is 0 Å². The summed E-state index contributed by atoms with van der Waals surface area (Å²) >= 11 is 9.10. The molecule has 0 saturated heterocycles. The maximum atomic E-state index is 11.3. The van der Waals surface area contributed by atoms with Crippen molar-refractivity contribution in [3.8, 4) is 0 Å². The van der Waals surface area contributed by atoms with Gasteiger partial charge in [0.05, 0.1) is 22.1 Å². The summed E-state index contributed by atoms with van der Waals surface area (Å²) in [5.74, 6) is 0. The van der Waals surface area contributed by atoms with Crippen LogP contribution in [-0.4, -0.2) is 10.2 Å². The Bertz CT molecular complexity index is 523. The fourth-order valence-electron chi connectivity index (χ4n) is 1.07. The van der Waals surface area contributed by atoms with Gasteiger partial charge in [0, 0.05) is 4.47 Å². The zero-order chi connectivity index (χ0) is 9.42. The second-order valence-corrected chi connectivity index (χ2v) is 3.81. The van der Waals surface area contributed by atoms with Crippen LogP contribution in [0.25, 0.3) is 10.9 Å². The molecule has 0 unspecified atom stereocenters. The van der Waals surface area contributed by atoms with E-state index in [1.165, 1.54) is 6.20 Å². The molecule has 0 aliphatic heterocycles. The smallest absolute Gasteiger partial charge is 0.207 e. The van der Waals surface area contributed by atoms with E-state index < -0.39 is 0 Å². The van der Waals surface area contributed by atoms with Crippen LogP contribution < -0.4 is 5.43 Å². The molecule has 0 fully saturated rings. The summed E-state index contributed by atoms with van der Waals surface area (Å²) in [4.78, 5) is 11.3. The molecule has 0 aliphatic rings. The van der Waals surface area contributed by atoms with Crippen molar-refractivity contribution in [1.29, 1.82) is 0 Å². The number of benzene rings is 1. The summed E-state index contributed by atoms with van der Waals surface area (Å²) in [6.07, 6.45) is 1.23. The normalized spacial score (nSPS) is 10.6. The first kappa shape index (κ1) is 8.72. The van der Waals surface area contributed by atoms with Gasteiger partial charge in [-0.2, -0.15) is 5.10 Å². The number of aromatic nitrogens is 2. The SMILES string of the molecule is O=c1cn[nH]c2cc(Br)c(Cl)cc12. The number of H-pyrrole nitrogens is 1. The van der Waals surface area contributed by atoms with Crippen molar-refractivity contribution < 1.29 is 0 Å². The van der Waals surface area contributed by atoms with E-state index in [4.69, 9.17) is 11.6 Å². The lowest BCUT2D eigenvalue weighted by Gasteiger charge is -1.98. The van der Waals surface area contributed by atoms with Crippen LogP contribution in [0.1, 0.15) is 0 Å². The van der Waals surface area contributed by atoms with Crippen LogP contribution in [0.4, 0.5) is 0 Å². The monoisotopic (exact) mass is 258 g/mol. The number of nitrogens with zero attached hydrogens (tertiary/aromatic N) is 1. The highest BCUT2D eigenvalue weighted by atomic mass is 79.9. The van der Waals surface area contributed by atoms with Crippen LogP contribution >= 0.6 is 27.5 Å². The molecule has 0 aliphatic carbocycles. The summed E-state index contributed by atoms with van der Waals surface area (Å²) in [6.45, 7) is 0. The standard InChI is InChI=1S/C8H4BrClN2O/c9-5-2-7-4(1-6(5)10)8(13)3-11-12-7/h1-3H,(H,12,13). The number of halogens is 2. The van der Waals surface area contributed by atoms with Crippen LogP contribution in [-0.2, 0) is 0 Å². The Hall–Kier alpha value is -0.870. The molecule has 13 heavy (non-hydrogen) atoms. The van der Waals surface area contributed by atoms with E-state index in [0.29, 0.717) is 15.9 Å². The van der Waals surface area contributed by atoms with E-state index >= 15 is 0 Å². The zero-order valence-electron chi connectivity index (χ0n) is 6.34. The van der Waals surface area contributed by atoms with E-state index in [1.807, 2.05) is 0 Å². The highest BCUT2D eigenvalue weighted by Gasteiger charge is 2.03. The maximum Gasteiger partial charge on any atom is 0.207 e. The predicted molar refractivity (Wildman–Crippen MR) is 55.1 cm³/mol. The van der Waals surface area contributed by atoms with Crippen LogP contribution in [0.15, 0.2) is 27.6 Å². The molecular formula is C8H4BrClN2O. The summed E-state index contributed by atoms with van der Waals surface area (Å²) in [5.41, 5.74) is 0.534. The molecule has 5 heteroatoms. The van der Waals surface area contributed by atoms with Crippen molar-refractivity contribution in [2.24, 2.45) is 0 Å². The van der Waals surface area contributed by atoms with Crippen molar-refractivity contribution in [3.63, 3.8) is 0 Å². The van der Waals surface area contributed by atoms with E-state index in [2.05, 4.69) is 26.1 Å². The lowest BCUT2D eigenvalue weighted by Crippen LogP contribution is -2.02. The molecule has 66 valence electrons. The Morgan fingerprint density at radius 3 is 3.00 bits per heavy atom. The highest BCUT2D eigenvalue weighted by Crippen LogP contribution is 2.25. The van der Waals surface area contributed by atoms with Crippen molar-refractivity contribution >= 4 is 38.4 Å². The molecule has 0 atom stereocenters. The fraction of sp³-hybridized carbons (Fsp3) is 0. The molecule has 1 aromatic heterocycles. The lowest BCUT2D eigenvalue weighted by atomic mass is 10.2. The van der Waals surface area contributed by atoms with Crippen molar-refractivity contribution in [1.82, 2.24) is 10.2 Å². The van der Waals surface area contributed by atoms with Crippen LogP contribution in [0.2, 0.25) is 5.02 Å². The Morgan fingerprint density at radius 1 is 1.46 bits per heavy atom. The highest BCUT2D eigenvalue weighted by molar-refractivity contribution is 9.10. The first-order chi connectivity index (χ1) is 6.18. The van der Waals surface area contributed by atoms with Gasteiger partial charge in [-0.1, -0.05) is 11.6 Å². The number of rotatable bonds is 0. The summed E-state index contributed by atoms with van der Waals surface area (Å²) in [5, 5.41) is 7.47. The minimum atomic E-state index is -0.136. The quantitative estimate of drug-likeness (QED) is 0.789. The molecular weight excluding hydrogens is 255 g/mol. The van der Waals surface area contributed by atoms with E-state index in [0.717, 1.165) is 4.47 Å². The Kier molecular flexibility index (Phi) is 2.09. The van der Waals surface area contributed by atoms with Gasteiger partial charge in [-0.05, 0) is 28.1 Å². The van der Waals surface area contributed by atoms with Gasteiger partial charge >= 0.3 is 0 Å². The van der Waals surface area contributed by atoms with Crippen LogP contribution in [0.5, 0.6) is 0 Å². The Balaban J connectivity index is 2.97. The number of hydrogen-bond acceptors (Lipinski definition) is 2. The van der Waals surface area contributed by atoms with E-state index in [9.17, 15) is 4.79 Å². The molecule has 0 bridgehead atoms. The van der Waals surface area contributed by atoms with Crippen molar-refractivity contribution in [2.75, 3.05) is 0 Å². The Morgan fingerprint density at radius 2 is 2.23 bits per heavy atom. The topological polar surface area (TPSA) is 45.8 Å². The van der Waals surface area contributed by atoms with Gasteiger partial charge in [0.1, 0.15) is 0 Å². The van der Waals surface area contributed by atoms with Gasteiger partial charge in [-0.3, -0.25) is 9.89 Å². The minimum Gasteiger partial charge on any atom is -0.287 e. The molecule has 2 aromatic rings. The van der Waals surface area contributed by atoms with Crippen molar-refractivity contribution in [3.05, 3.63) is 38.0 Å². The third kappa shape index (κ3) is 1.47. The molecule has 3 nitrogen and oxygen atoms in total. The minimum absolute atomic E-state index is 0.136. The molecule has 1 heterocycles. The summed E-state index contributed by atoms with van der Waals surface area (Å²) in [6, 6.07) is 3.34. The molecule has 1 aromatic carbocycles. The van der Waals surface area contributed by atoms with Crippen LogP contribution in [0, 0.1) is 0 Å². The largest absolute Gasteiger partial charge is 0.287 e. The van der Waals surface area contributed by atoms with E-state index in [1.54, 1.807) is 12.1 Å². The second kappa shape index (κ2) is 3.12. The molecule has 2 rings (SSSR count). The Labute approximate surface area is 86.9 Å². The van der Waals surface area contributed by atoms with Gasteiger partial charge in [0.15, 0.2) is 0 Å². The fourth-order valence-corrected chi connectivity index (χ4v) is 1.58.